The van der Waals surface area contributed by atoms with Crippen molar-refractivity contribution in [2.24, 2.45) is 35.5 Å². The van der Waals surface area contributed by atoms with Gasteiger partial charge in [0, 0.05) is 93.1 Å². The predicted octanol–water partition coefficient (Wildman–Crippen LogP) is 14.9. The zero-order valence-electron chi connectivity index (χ0n) is 61.4. The third-order valence-corrected chi connectivity index (χ3v) is 18.8. The largest absolute Gasteiger partial charge is 0.444 e. The number of carbonyl (C=O) groups excluding carboxylic acids is 7. The molecule has 1 aliphatic rings. The Morgan fingerprint density at radius 3 is 1.58 bits per heavy atom. The van der Waals surface area contributed by atoms with Gasteiger partial charge in [0.05, 0.1) is 28.8 Å². The molecule has 3 N–H and O–H groups in total. The van der Waals surface area contributed by atoms with Crippen molar-refractivity contribution in [1.82, 2.24) is 45.0 Å². The van der Waals surface area contributed by atoms with Crippen LogP contribution in [0.3, 0.4) is 0 Å². The molecule has 7 rings (SSSR count). The smallest absolute Gasteiger partial charge is 0.419 e. The second-order valence-electron chi connectivity index (χ2n) is 31.0. The van der Waals surface area contributed by atoms with E-state index in [0.717, 1.165) is 96.7 Å². The molecule has 7 unspecified atom stereocenters. The van der Waals surface area contributed by atoms with Gasteiger partial charge in [-0.2, -0.15) is 0 Å². The summed E-state index contributed by atoms with van der Waals surface area (Å²) in [6.45, 7) is 30.0. The fraction of sp³-hybridized carbons (Fsp3) is 0.608. The van der Waals surface area contributed by atoms with Gasteiger partial charge in [0.25, 0.3) is 0 Å². The number of nitrogens with one attached hydrogen (secondary N) is 3. The highest BCUT2D eigenvalue weighted by molar-refractivity contribution is 5.94. The van der Waals surface area contributed by atoms with Crippen LogP contribution in [0, 0.1) is 35.5 Å². The maximum absolute atomic E-state index is 15.8. The molecule has 6 aromatic rings. The summed E-state index contributed by atoms with van der Waals surface area (Å²) in [5.74, 6) is -0.338. The topological polar surface area (TPSA) is 227 Å². The number of carbonyl (C=O) groups is 7. The number of ketones is 3. The van der Waals surface area contributed by atoms with Gasteiger partial charge in [-0.05, 0) is 192 Å². The quantitative estimate of drug-likeness (QED) is 0.0246. The summed E-state index contributed by atoms with van der Waals surface area (Å²) < 4.78 is 22.2. The molecule has 0 bridgehead atoms. The monoisotopic (exact) mass is 1350 g/mol. The molecule has 0 saturated carbocycles. The van der Waals surface area contributed by atoms with E-state index >= 15 is 9.59 Å². The molecule has 19 heteroatoms. The Kier molecular flexibility index (Phi) is 29.0. The SMILES string of the molecule is CCC(CC(=O)C(Cc1ccccc1)NCC(CCCCn1cc(CC(C)C(=O)N2CCCCC2)nn1)CC(=O)C(Cc1cn(C(=O)OC(C)(C)C)c2ccccc12)NCC(CCCCNC(=O)OC(C)(C)C)CC(=O)C(C)C(C)C)Cc1cn(C(=O)OC(C)(C)C)c2ccccc12. The lowest BCUT2D eigenvalue weighted by molar-refractivity contribution is -0.136. The van der Waals surface area contributed by atoms with E-state index in [4.69, 9.17) is 14.2 Å². The first-order valence-corrected chi connectivity index (χ1v) is 36.3. The Morgan fingerprint density at radius 2 is 1.04 bits per heavy atom. The number of ether oxygens (including phenoxy) is 3. The zero-order chi connectivity index (χ0) is 71.3. The molecule has 98 heavy (non-hydrogen) atoms. The van der Waals surface area contributed by atoms with Crippen LogP contribution in [-0.2, 0) is 65.6 Å². The summed E-state index contributed by atoms with van der Waals surface area (Å²) in [4.78, 5) is 100. The number of amides is 2. The molecular formula is C79H115N9O10. The second kappa shape index (κ2) is 36.5. The van der Waals surface area contributed by atoms with Crippen LogP contribution in [0.25, 0.3) is 21.8 Å². The lowest BCUT2D eigenvalue weighted by Crippen LogP contribution is -2.45. The number of piperidine rings is 1. The minimum absolute atomic E-state index is 0.0373. The Hall–Kier alpha value is -7.51. The van der Waals surface area contributed by atoms with Crippen molar-refractivity contribution in [3.8, 4) is 0 Å². The molecule has 1 fully saturated rings. The second-order valence-corrected chi connectivity index (χ2v) is 31.0. The molecule has 3 aromatic carbocycles. The third kappa shape index (κ3) is 24.7. The van der Waals surface area contributed by atoms with Crippen LogP contribution in [0.1, 0.15) is 203 Å². The molecule has 2 amide bonds. The number of aromatic nitrogens is 5. The number of hydrogen-bond acceptors (Lipinski definition) is 14. The molecule has 19 nitrogen and oxygen atoms in total. The minimum atomic E-state index is -0.766. The van der Waals surface area contributed by atoms with E-state index in [1.54, 1.807) is 10.8 Å². The number of Topliss-reactive ketones (excluding diaryl/α,β-unsaturated/α-hetero) is 3. The molecule has 4 heterocycles. The van der Waals surface area contributed by atoms with E-state index < -0.39 is 47.2 Å². The standard InChI is InChI=1S/C79H115N9O10/c1-15-57(43-61-51-87(75(94)97-78(9,10)11)68-36-22-20-34-64(61)68)45-71(90)66(44-58-30-18-16-19-31-58)81-50-60(33-25-29-41-86-53-63(83-84-86)42-55(4)73(92)85-39-27-17-28-40-85)47-72(91)67(48-62-52-88(76(95)98-79(12,13)14)69-37-23-21-35-65(62)69)82-49-59(46-70(89)56(5)54(2)3)32-24-26-38-80-74(93)96-77(6,7)8/h16,18-23,30-31,34-37,51-57,59-60,66-67,81-82H,15,17,24-29,32-33,38-50H2,1-14H3,(H,80,93). The number of unbranched alkanes of at least 4 members (excludes halogenated alkanes) is 2. The average Bonchev–Trinajstić information content (AvgIpc) is 1.64. The van der Waals surface area contributed by atoms with E-state index in [-0.39, 0.29) is 78.0 Å². The van der Waals surface area contributed by atoms with Crippen molar-refractivity contribution >= 4 is 63.3 Å². The fourth-order valence-corrected chi connectivity index (χ4v) is 13.1. The Balaban J connectivity index is 1.18. The van der Waals surface area contributed by atoms with Gasteiger partial charge >= 0.3 is 18.3 Å². The average molecular weight is 1350 g/mol. The van der Waals surface area contributed by atoms with Gasteiger partial charge in [-0.25, -0.2) is 14.4 Å². The summed E-state index contributed by atoms with van der Waals surface area (Å²) in [7, 11) is 0. The van der Waals surface area contributed by atoms with E-state index in [1.165, 1.54) is 4.57 Å². The molecule has 3 aromatic heterocycles. The first kappa shape index (κ1) is 77.8. The van der Waals surface area contributed by atoms with Crippen molar-refractivity contribution in [2.45, 2.75) is 242 Å². The Morgan fingerprint density at radius 1 is 0.541 bits per heavy atom. The van der Waals surface area contributed by atoms with Crippen molar-refractivity contribution in [2.75, 3.05) is 32.7 Å². The van der Waals surface area contributed by atoms with Crippen LogP contribution >= 0.6 is 0 Å². The summed E-state index contributed by atoms with van der Waals surface area (Å²) in [6, 6.07) is 24.1. The van der Waals surface area contributed by atoms with E-state index in [2.05, 4.69) is 47.0 Å². The van der Waals surface area contributed by atoms with Gasteiger partial charge in [-0.1, -0.05) is 126 Å². The van der Waals surface area contributed by atoms with Crippen LogP contribution in [-0.4, -0.2) is 132 Å². The van der Waals surface area contributed by atoms with Gasteiger partial charge < -0.3 is 35.1 Å². The molecule has 1 aliphatic heterocycles. The van der Waals surface area contributed by atoms with Crippen molar-refractivity contribution in [1.29, 1.82) is 0 Å². The number of fused-ring (bicyclic) bond motifs is 2. The molecule has 536 valence electrons. The highest BCUT2D eigenvalue weighted by Crippen LogP contribution is 2.30. The first-order chi connectivity index (χ1) is 46.4. The van der Waals surface area contributed by atoms with Crippen LogP contribution in [0.15, 0.2) is 97.5 Å². The van der Waals surface area contributed by atoms with Crippen molar-refractivity contribution in [3.63, 3.8) is 0 Å². The molecule has 0 aliphatic carbocycles. The Labute approximate surface area is 583 Å². The summed E-state index contributed by atoms with van der Waals surface area (Å²) in [5, 5.41) is 21.1. The van der Waals surface area contributed by atoms with Gasteiger partial charge in [0.15, 0.2) is 0 Å². The van der Waals surface area contributed by atoms with Gasteiger partial charge in [-0.15, -0.1) is 5.10 Å². The molecule has 0 spiro atoms. The van der Waals surface area contributed by atoms with Crippen LogP contribution in [0.2, 0.25) is 0 Å². The molecular weight excluding hydrogens is 1230 g/mol. The summed E-state index contributed by atoms with van der Waals surface area (Å²) in [5.41, 5.74) is 2.83. The van der Waals surface area contributed by atoms with Crippen molar-refractivity contribution < 1.29 is 47.8 Å². The van der Waals surface area contributed by atoms with Crippen LogP contribution in [0.5, 0.6) is 0 Å². The summed E-state index contributed by atoms with van der Waals surface area (Å²) in [6.07, 6.45) is 14.7. The zero-order valence-corrected chi connectivity index (χ0v) is 61.4. The fourth-order valence-electron chi connectivity index (χ4n) is 13.1. The number of nitrogens with zero attached hydrogens (tertiary/aromatic N) is 6. The third-order valence-electron chi connectivity index (χ3n) is 18.8. The van der Waals surface area contributed by atoms with Crippen LogP contribution < -0.4 is 16.0 Å². The molecule has 1 saturated heterocycles. The number of alkyl carbamates (subject to hydrolysis) is 1. The normalized spacial score (nSPS) is 15.3. The molecule has 7 atom stereocenters. The van der Waals surface area contributed by atoms with Gasteiger partial charge in [0.1, 0.15) is 34.2 Å². The predicted molar refractivity (Wildman–Crippen MR) is 387 cm³/mol. The maximum atomic E-state index is 15.8. The number of rotatable bonds is 36. The number of aryl methyl sites for hydroxylation is 1. The van der Waals surface area contributed by atoms with Gasteiger partial charge in [-0.3, -0.25) is 33.0 Å². The summed E-state index contributed by atoms with van der Waals surface area (Å²) >= 11 is 0. The number of benzene rings is 3. The number of para-hydroxylation sites is 2. The lowest BCUT2D eigenvalue weighted by atomic mass is 9.86. The van der Waals surface area contributed by atoms with E-state index in [1.807, 2.05) is 177 Å². The Bertz CT molecular complexity index is 3560. The maximum Gasteiger partial charge on any atom is 0.419 e. The number of hydrogen-bond donors (Lipinski definition) is 3. The molecule has 0 radical (unpaired) electrons. The highest BCUT2D eigenvalue weighted by atomic mass is 16.6. The number of likely N-dealkylation sites (tertiary alicyclic amines) is 1. The van der Waals surface area contributed by atoms with Crippen LogP contribution in [0.4, 0.5) is 14.4 Å². The van der Waals surface area contributed by atoms with Crippen molar-refractivity contribution in [3.05, 3.63) is 120 Å². The van der Waals surface area contributed by atoms with Gasteiger partial charge in [0.2, 0.25) is 5.91 Å². The highest BCUT2D eigenvalue weighted by Gasteiger charge is 2.32. The first-order valence-electron chi connectivity index (χ1n) is 36.3. The van der Waals surface area contributed by atoms with E-state index in [9.17, 15) is 24.0 Å². The van der Waals surface area contributed by atoms with E-state index in [0.29, 0.717) is 76.6 Å². The lowest BCUT2D eigenvalue weighted by Gasteiger charge is -2.29. The minimum Gasteiger partial charge on any atom is -0.444 e.